The zero-order chi connectivity index (χ0) is 13.1. The average Bonchev–Trinajstić information content (AvgIpc) is 2.18. The van der Waals surface area contributed by atoms with Gasteiger partial charge in [-0.25, -0.2) is 0 Å². The maximum Gasteiger partial charge on any atom is 0.402 e. The Balaban J connectivity index is 2.39. The Morgan fingerprint density at radius 1 is 1.18 bits per heavy atom. The van der Waals surface area contributed by atoms with Crippen LogP contribution in [0.1, 0.15) is 25.7 Å². The minimum absolute atomic E-state index is 0.0545. The van der Waals surface area contributed by atoms with E-state index in [9.17, 15) is 21.6 Å². The molecule has 0 aromatic carbocycles. The Morgan fingerprint density at radius 2 is 1.71 bits per heavy atom. The fraction of sp³-hybridized carbons (Fsp3) is 1.00. The minimum Gasteiger partial charge on any atom is -0.328 e. The van der Waals surface area contributed by atoms with E-state index in [-0.39, 0.29) is 12.1 Å². The van der Waals surface area contributed by atoms with Crippen molar-refractivity contribution >= 4 is 10.2 Å². The van der Waals surface area contributed by atoms with E-state index < -0.39 is 22.9 Å². The van der Waals surface area contributed by atoms with E-state index >= 15 is 0 Å². The predicted octanol–water partition coefficient (Wildman–Crippen LogP) is 0.243. The van der Waals surface area contributed by atoms with Gasteiger partial charge in [0.25, 0.3) is 10.2 Å². The van der Waals surface area contributed by atoms with E-state index in [1.54, 1.807) is 0 Å². The van der Waals surface area contributed by atoms with Crippen molar-refractivity contribution in [1.29, 1.82) is 0 Å². The van der Waals surface area contributed by atoms with Gasteiger partial charge in [-0.3, -0.25) is 0 Å². The van der Waals surface area contributed by atoms with Gasteiger partial charge in [0.2, 0.25) is 0 Å². The Hall–Kier alpha value is -0.380. The molecule has 1 saturated carbocycles. The third-order valence-electron chi connectivity index (χ3n) is 2.56. The van der Waals surface area contributed by atoms with Crippen molar-refractivity contribution in [1.82, 2.24) is 9.44 Å². The van der Waals surface area contributed by atoms with Gasteiger partial charge in [0.05, 0.1) is 0 Å². The predicted molar refractivity (Wildman–Crippen MR) is 56.3 cm³/mol. The largest absolute Gasteiger partial charge is 0.402 e. The van der Waals surface area contributed by atoms with Gasteiger partial charge < -0.3 is 5.73 Å². The first-order chi connectivity index (χ1) is 7.68. The molecule has 0 radical (unpaired) electrons. The van der Waals surface area contributed by atoms with Crippen LogP contribution >= 0.6 is 0 Å². The van der Waals surface area contributed by atoms with Crippen LogP contribution < -0.4 is 15.2 Å². The molecule has 17 heavy (non-hydrogen) atoms. The highest BCUT2D eigenvalue weighted by Gasteiger charge is 2.30. The topological polar surface area (TPSA) is 84.2 Å². The molecule has 0 heterocycles. The SMILES string of the molecule is NC1CCC(NS(=O)(=O)NCC(F)(F)F)CC1. The number of hydrogen-bond acceptors (Lipinski definition) is 3. The number of alkyl halides is 3. The summed E-state index contributed by atoms with van der Waals surface area (Å²) in [4.78, 5) is 0. The second kappa shape index (κ2) is 5.51. The Kier molecular flexibility index (Phi) is 4.76. The molecule has 1 fully saturated rings. The smallest absolute Gasteiger partial charge is 0.328 e. The number of nitrogens with one attached hydrogen (secondary N) is 2. The number of halogens is 3. The molecule has 0 spiro atoms. The summed E-state index contributed by atoms with van der Waals surface area (Å²) in [5.41, 5.74) is 5.63. The van der Waals surface area contributed by atoms with Gasteiger partial charge in [-0.05, 0) is 25.7 Å². The molecule has 0 aromatic heterocycles. The van der Waals surface area contributed by atoms with Crippen molar-refractivity contribution in [2.24, 2.45) is 5.73 Å². The van der Waals surface area contributed by atoms with Gasteiger partial charge in [0, 0.05) is 12.1 Å². The van der Waals surface area contributed by atoms with Crippen LogP contribution in [0.4, 0.5) is 13.2 Å². The molecule has 102 valence electrons. The highest BCUT2D eigenvalue weighted by molar-refractivity contribution is 7.87. The minimum atomic E-state index is -4.55. The third-order valence-corrected chi connectivity index (χ3v) is 3.72. The molecular weight excluding hydrogens is 259 g/mol. The molecule has 5 nitrogen and oxygen atoms in total. The Bertz CT molecular complexity index is 336. The zero-order valence-corrected chi connectivity index (χ0v) is 9.94. The second-order valence-electron chi connectivity index (χ2n) is 4.17. The molecule has 0 amide bonds. The Morgan fingerprint density at radius 3 is 2.18 bits per heavy atom. The van der Waals surface area contributed by atoms with Crippen molar-refractivity contribution in [2.45, 2.75) is 43.9 Å². The third kappa shape index (κ3) is 6.20. The van der Waals surface area contributed by atoms with Gasteiger partial charge in [0.1, 0.15) is 6.54 Å². The summed E-state index contributed by atoms with van der Waals surface area (Å²) < 4.78 is 61.7. The quantitative estimate of drug-likeness (QED) is 0.687. The van der Waals surface area contributed by atoms with Crippen molar-refractivity contribution in [3.63, 3.8) is 0 Å². The van der Waals surface area contributed by atoms with Crippen molar-refractivity contribution in [2.75, 3.05) is 6.54 Å². The van der Waals surface area contributed by atoms with Crippen LogP contribution in [0.3, 0.4) is 0 Å². The molecule has 0 aliphatic heterocycles. The molecule has 9 heteroatoms. The van der Waals surface area contributed by atoms with Crippen LogP contribution in [0.15, 0.2) is 0 Å². The van der Waals surface area contributed by atoms with Crippen molar-refractivity contribution in [3.8, 4) is 0 Å². The summed E-state index contributed by atoms with van der Waals surface area (Å²) in [5.74, 6) is 0. The normalized spacial score (nSPS) is 27.1. The highest BCUT2D eigenvalue weighted by atomic mass is 32.2. The van der Waals surface area contributed by atoms with E-state index in [0.717, 1.165) is 0 Å². The summed E-state index contributed by atoms with van der Waals surface area (Å²) in [5, 5.41) is 0. The zero-order valence-electron chi connectivity index (χ0n) is 9.13. The molecule has 0 bridgehead atoms. The van der Waals surface area contributed by atoms with Crippen LogP contribution in [-0.2, 0) is 10.2 Å². The second-order valence-corrected chi connectivity index (χ2v) is 5.70. The van der Waals surface area contributed by atoms with Crippen LogP contribution in [0.5, 0.6) is 0 Å². The fourth-order valence-electron chi connectivity index (χ4n) is 1.67. The lowest BCUT2D eigenvalue weighted by Crippen LogP contribution is -2.47. The lowest BCUT2D eigenvalue weighted by atomic mass is 9.93. The summed E-state index contributed by atoms with van der Waals surface area (Å²) in [6, 6.07) is -0.278. The lowest BCUT2D eigenvalue weighted by Gasteiger charge is -2.26. The first-order valence-electron chi connectivity index (χ1n) is 5.27. The molecular formula is C8H16F3N3O2S. The van der Waals surface area contributed by atoms with Crippen LogP contribution in [0, 0.1) is 0 Å². The van der Waals surface area contributed by atoms with Crippen molar-refractivity contribution in [3.05, 3.63) is 0 Å². The molecule has 0 unspecified atom stereocenters. The summed E-state index contributed by atoms with van der Waals surface area (Å²) in [6.07, 6.45) is -2.11. The van der Waals surface area contributed by atoms with Gasteiger partial charge in [0.15, 0.2) is 0 Å². The highest BCUT2D eigenvalue weighted by Crippen LogP contribution is 2.17. The van der Waals surface area contributed by atoms with E-state index in [0.29, 0.717) is 25.7 Å². The summed E-state index contributed by atoms with van der Waals surface area (Å²) in [6.45, 7) is -1.56. The molecule has 0 aromatic rings. The number of nitrogens with two attached hydrogens (primary N) is 1. The van der Waals surface area contributed by atoms with Gasteiger partial charge in [-0.15, -0.1) is 0 Å². The van der Waals surface area contributed by atoms with Crippen LogP contribution in [0.25, 0.3) is 0 Å². The number of hydrogen-bond donors (Lipinski definition) is 3. The maximum atomic E-state index is 11.8. The van der Waals surface area contributed by atoms with E-state index in [1.165, 1.54) is 4.72 Å². The maximum absolute atomic E-state index is 11.8. The van der Waals surface area contributed by atoms with Crippen LogP contribution in [-0.4, -0.2) is 33.2 Å². The van der Waals surface area contributed by atoms with E-state index in [1.807, 2.05) is 0 Å². The standard InChI is InChI=1S/C8H16F3N3O2S/c9-8(10,11)5-13-17(15,16)14-7-3-1-6(12)2-4-7/h6-7,13-14H,1-5,12H2. The molecule has 4 N–H and O–H groups in total. The first kappa shape index (κ1) is 14.7. The first-order valence-corrected chi connectivity index (χ1v) is 6.75. The van der Waals surface area contributed by atoms with Gasteiger partial charge in [-0.2, -0.15) is 31.0 Å². The fourth-order valence-corrected chi connectivity index (χ4v) is 2.79. The molecule has 1 rings (SSSR count). The Labute approximate surface area is 98.1 Å². The molecule has 1 aliphatic carbocycles. The summed E-state index contributed by atoms with van der Waals surface area (Å²) in [7, 11) is -4.09. The summed E-state index contributed by atoms with van der Waals surface area (Å²) >= 11 is 0. The van der Waals surface area contributed by atoms with E-state index in [2.05, 4.69) is 4.72 Å². The van der Waals surface area contributed by atoms with Gasteiger partial charge in [-0.1, -0.05) is 0 Å². The monoisotopic (exact) mass is 275 g/mol. The average molecular weight is 275 g/mol. The van der Waals surface area contributed by atoms with Gasteiger partial charge >= 0.3 is 6.18 Å². The number of rotatable bonds is 4. The molecule has 0 saturated heterocycles. The molecule has 1 aliphatic rings. The van der Waals surface area contributed by atoms with Crippen LogP contribution in [0.2, 0.25) is 0 Å². The molecule has 0 atom stereocenters. The lowest BCUT2D eigenvalue weighted by molar-refractivity contribution is -0.121. The van der Waals surface area contributed by atoms with E-state index in [4.69, 9.17) is 5.73 Å². The van der Waals surface area contributed by atoms with Crippen molar-refractivity contribution < 1.29 is 21.6 Å².